The van der Waals surface area contributed by atoms with Crippen LogP contribution in [0, 0.1) is 0 Å². The third-order valence-electron chi connectivity index (χ3n) is 4.33. The summed E-state index contributed by atoms with van der Waals surface area (Å²) in [6.07, 6.45) is 3.06. The van der Waals surface area contributed by atoms with Crippen LogP contribution in [0.3, 0.4) is 0 Å². The van der Waals surface area contributed by atoms with Crippen molar-refractivity contribution in [1.82, 2.24) is 19.7 Å². The van der Waals surface area contributed by atoms with Crippen LogP contribution in [0.15, 0.2) is 18.3 Å². The van der Waals surface area contributed by atoms with Crippen LogP contribution < -0.4 is 5.32 Å². The van der Waals surface area contributed by atoms with E-state index < -0.39 is 0 Å². The van der Waals surface area contributed by atoms with Gasteiger partial charge in [0.2, 0.25) is 0 Å². The normalized spacial score (nSPS) is 20.9. The molecule has 1 aromatic heterocycles. The number of hydrogen-bond acceptors (Lipinski definition) is 3. The molecule has 0 aliphatic carbocycles. The first-order chi connectivity index (χ1) is 9.79. The summed E-state index contributed by atoms with van der Waals surface area (Å²) in [6.45, 7) is 9.19. The molecular formula is C15H24N4O. The first kappa shape index (κ1) is 13.6. The molecule has 20 heavy (non-hydrogen) atoms. The van der Waals surface area contributed by atoms with Gasteiger partial charge in [-0.05, 0) is 18.6 Å². The highest BCUT2D eigenvalue weighted by molar-refractivity contribution is 5.93. The largest absolute Gasteiger partial charge is 0.344 e. The second kappa shape index (κ2) is 5.97. The maximum Gasteiger partial charge on any atom is 0.270 e. The maximum atomic E-state index is 12.5. The van der Waals surface area contributed by atoms with E-state index in [9.17, 15) is 4.79 Å². The standard InChI is InChI=1S/C15H24N4O/c1-2-7-18-8-3-4-14(18)15(20)19-11-13(12-19)17-9-5-16-6-10-17/h3-4,8,13,16H,2,5-7,9-12H2,1H3. The van der Waals surface area contributed by atoms with E-state index in [0.29, 0.717) is 6.04 Å². The SMILES string of the molecule is CCCn1cccc1C(=O)N1CC(N2CCNCC2)C1. The van der Waals surface area contributed by atoms with Crippen LogP contribution in [0.25, 0.3) is 0 Å². The van der Waals surface area contributed by atoms with Crippen molar-refractivity contribution in [3.8, 4) is 0 Å². The van der Waals surface area contributed by atoms with Crippen molar-refractivity contribution < 1.29 is 4.79 Å². The molecule has 1 amide bonds. The number of carbonyl (C=O) groups excluding carboxylic acids is 1. The first-order valence-corrected chi connectivity index (χ1v) is 7.68. The van der Waals surface area contributed by atoms with Gasteiger partial charge < -0.3 is 14.8 Å². The van der Waals surface area contributed by atoms with Crippen molar-refractivity contribution in [2.45, 2.75) is 25.9 Å². The van der Waals surface area contributed by atoms with Crippen molar-refractivity contribution >= 4 is 5.91 Å². The van der Waals surface area contributed by atoms with E-state index in [1.165, 1.54) is 0 Å². The lowest BCUT2D eigenvalue weighted by molar-refractivity contribution is 0.0219. The third kappa shape index (κ3) is 2.60. The molecule has 110 valence electrons. The lowest BCUT2D eigenvalue weighted by Crippen LogP contribution is -2.64. The Balaban J connectivity index is 1.56. The third-order valence-corrected chi connectivity index (χ3v) is 4.33. The van der Waals surface area contributed by atoms with Crippen LogP contribution in [0.2, 0.25) is 0 Å². The Hall–Kier alpha value is -1.33. The molecule has 0 saturated carbocycles. The molecule has 2 fully saturated rings. The molecule has 3 heterocycles. The second-order valence-electron chi connectivity index (χ2n) is 5.74. The molecule has 5 nitrogen and oxygen atoms in total. The van der Waals surface area contributed by atoms with E-state index >= 15 is 0 Å². The zero-order valence-corrected chi connectivity index (χ0v) is 12.2. The van der Waals surface area contributed by atoms with Gasteiger partial charge in [-0.2, -0.15) is 0 Å². The molecule has 0 unspecified atom stereocenters. The fourth-order valence-corrected chi connectivity index (χ4v) is 3.11. The molecule has 0 bridgehead atoms. The van der Waals surface area contributed by atoms with Crippen molar-refractivity contribution in [2.75, 3.05) is 39.3 Å². The summed E-state index contributed by atoms with van der Waals surface area (Å²) in [5, 5.41) is 3.37. The van der Waals surface area contributed by atoms with Gasteiger partial charge in [-0.25, -0.2) is 0 Å². The van der Waals surface area contributed by atoms with E-state index in [1.807, 2.05) is 23.2 Å². The van der Waals surface area contributed by atoms with E-state index in [2.05, 4.69) is 21.7 Å². The van der Waals surface area contributed by atoms with Gasteiger partial charge in [0, 0.05) is 58.1 Å². The Morgan fingerprint density at radius 1 is 1.35 bits per heavy atom. The lowest BCUT2D eigenvalue weighted by Gasteiger charge is -2.46. The molecule has 0 spiro atoms. The van der Waals surface area contributed by atoms with Crippen molar-refractivity contribution in [2.24, 2.45) is 0 Å². The number of nitrogens with zero attached hydrogens (tertiary/aromatic N) is 3. The highest BCUT2D eigenvalue weighted by atomic mass is 16.2. The maximum absolute atomic E-state index is 12.5. The van der Waals surface area contributed by atoms with Crippen LogP contribution in [-0.4, -0.2) is 65.6 Å². The van der Waals surface area contributed by atoms with Crippen LogP contribution in [0.5, 0.6) is 0 Å². The molecule has 2 aliphatic rings. The summed E-state index contributed by atoms with van der Waals surface area (Å²) in [5.41, 5.74) is 0.839. The van der Waals surface area contributed by atoms with Crippen molar-refractivity contribution in [3.05, 3.63) is 24.0 Å². The zero-order chi connectivity index (χ0) is 13.9. The minimum absolute atomic E-state index is 0.190. The average molecular weight is 276 g/mol. The second-order valence-corrected chi connectivity index (χ2v) is 5.74. The molecule has 2 saturated heterocycles. The monoisotopic (exact) mass is 276 g/mol. The summed E-state index contributed by atoms with van der Waals surface area (Å²) in [4.78, 5) is 17.0. The highest BCUT2D eigenvalue weighted by Crippen LogP contribution is 2.19. The number of hydrogen-bond donors (Lipinski definition) is 1. The van der Waals surface area contributed by atoms with Gasteiger partial charge >= 0.3 is 0 Å². The Morgan fingerprint density at radius 2 is 2.10 bits per heavy atom. The van der Waals surface area contributed by atoms with Gasteiger partial charge in [0.25, 0.3) is 5.91 Å². The predicted molar refractivity (Wildman–Crippen MR) is 78.9 cm³/mol. The predicted octanol–water partition coefficient (Wildman–Crippen LogP) is 0.628. The highest BCUT2D eigenvalue weighted by Gasteiger charge is 2.36. The molecule has 5 heteroatoms. The molecule has 0 radical (unpaired) electrons. The number of aryl methyl sites for hydroxylation is 1. The molecule has 1 N–H and O–H groups in total. The minimum Gasteiger partial charge on any atom is -0.344 e. The number of nitrogens with one attached hydrogen (secondary N) is 1. The van der Waals surface area contributed by atoms with Gasteiger partial charge in [0.05, 0.1) is 0 Å². The van der Waals surface area contributed by atoms with Crippen LogP contribution in [0.4, 0.5) is 0 Å². The number of amides is 1. The summed E-state index contributed by atoms with van der Waals surface area (Å²) >= 11 is 0. The van der Waals surface area contributed by atoms with Crippen LogP contribution in [0.1, 0.15) is 23.8 Å². The van der Waals surface area contributed by atoms with E-state index in [-0.39, 0.29) is 5.91 Å². The van der Waals surface area contributed by atoms with Gasteiger partial charge in [-0.3, -0.25) is 9.69 Å². The number of aromatic nitrogens is 1. The van der Waals surface area contributed by atoms with E-state index in [1.54, 1.807) is 0 Å². The Bertz CT molecular complexity index is 458. The minimum atomic E-state index is 0.190. The fourth-order valence-electron chi connectivity index (χ4n) is 3.11. The van der Waals surface area contributed by atoms with Gasteiger partial charge in [-0.1, -0.05) is 6.92 Å². The fraction of sp³-hybridized carbons (Fsp3) is 0.667. The molecule has 1 aromatic rings. The van der Waals surface area contributed by atoms with E-state index in [0.717, 1.165) is 57.9 Å². The summed E-state index contributed by atoms with van der Waals surface area (Å²) in [5.74, 6) is 0.190. The number of likely N-dealkylation sites (tertiary alicyclic amines) is 1. The van der Waals surface area contributed by atoms with Crippen LogP contribution >= 0.6 is 0 Å². The molecule has 2 aliphatic heterocycles. The first-order valence-electron chi connectivity index (χ1n) is 7.68. The van der Waals surface area contributed by atoms with Gasteiger partial charge in [-0.15, -0.1) is 0 Å². The summed E-state index contributed by atoms with van der Waals surface area (Å²) in [6, 6.07) is 4.47. The van der Waals surface area contributed by atoms with Gasteiger partial charge in [0.1, 0.15) is 5.69 Å². The topological polar surface area (TPSA) is 40.5 Å². The van der Waals surface area contributed by atoms with Gasteiger partial charge in [0.15, 0.2) is 0 Å². The van der Waals surface area contributed by atoms with Crippen LogP contribution in [-0.2, 0) is 6.54 Å². The number of rotatable bonds is 4. The Morgan fingerprint density at radius 3 is 2.80 bits per heavy atom. The molecule has 3 rings (SSSR count). The summed E-state index contributed by atoms with van der Waals surface area (Å²) in [7, 11) is 0. The molecule has 0 aromatic carbocycles. The van der Waals surface area contributed by atoms with E-state index in [4.69, 9.17) is 0 Å². The Labute approximate surface area is 120 Å². The zero-order valence-electron chi connectivity index (χ0n) is 12.2. The summed E-state index contributed by atoms with van der Waals surface area (Å²) < 4.78 is 2.07. The Kier molecular flexibility index (Phi) is 4.08. The van der Waals surface area contributed by atoms with Crippen molar-refractivity contribution in [3.63, 3.8) is 0 Å². The number of piperazine rings is 1. The number of carbonyl (C=O) groups is 1. The quantitative estimate of drug-likeness (QED) is 0.877. The average Bonchev–Trinajstić information content (AvgIpc) is 2.87. The smallest absolute Gasteiger partial charge is 0.270 e. The van der Waals surface area contributed by atoms with Crippen molar-refractivity contribution in [1.29, 1.82) is 0 Å². The molecular weight excluding hydrogens is 252 g/mol. The molecule has 0 atom stereocenters. The lowest BCUT2D eigenvalue weighted by atomic mass is 10.1.